The molecule has 30 heavy (non-hydrogen) atoms. The number of carbonyl (C=O) groups excluding carboxylic acids is 3. The summed E-state index contributed by atoms with van der Waals surface area (Å²) in [6.07, 6.45) is 0.239. The second-order valence-electron chi connectivity index (χ2n) is 7.23. The van der Waals surface area contributed by atoms with Crippen molar-refractivity contribution in [3.05, 3.63) is 98.6 Å². The number of halogens is 1. The van der Waals surface area contributed by atoms with Crippen molar-refractivity contribution < 1.29 is 14.4 Å². The lowest BCUT2D eigenvalue weighted by Crippen LogP contribution is -2.48. The van der Waals surface area contributed by atoms with Crippen molar-refractivity contribution in [3.8, 4) is 0 Å². The summed E-state index contributed by atoms with van der Waals surface area (Å²) in [5, 5.41) is 2.86. The number of carbonyl (C=O) groups is 3. The van der Waals surface area contributed by atoms with Gasteiger partial charge in [0.05, 0.1) is 11.1 Å². The molecule has 6 heteroatoms. The minimum Gasteiger partial charge on any atom is -0.324 e. The number of nitrogens with one attached hydrogen (secondary N) is 1. The van der Waals surface area contributed by atoms with Crippen LogP contribution >= 0.6 is 22.6 Å². The maximum Gasteiger partial charge on any atom is 0.262 e. The molecule has 3 aromatic carbocycles. The first-order chi connectivity index (χ1) is 14.4. The zero-order chi connectivity index (χ0) is 21.3. The fraction of sp³-hybridized carbons (Fsp3) is 0.125. The molecule has 0 spiro atoms. The molecule has 0 bridgehead atoms. The number of hydrogen-bond acceptors (Lipinski definition) is 3. The molecule has 3 aromatic rings. The molecule has 0 aromatic heterocycles. The van der Waals surface area contributed by atoms with Gasteiger partial charge in [-0.25, -0.2) is 0 Å². The summed E-state index contributed by atoms with van der Waals surface area (Å²) in [5.74, 6) is -1.27. The molecule has 0 fully saturated rings. The second-order valence-corrected chi connectivity index (χ2v) is 8.48. The van der Waals surface area contributed by atoms with E-state index in [1.165, 1.54) is 0 Å². The summed E-state index contributed by atoms with van der Waals surface area (Å²) < 4.78 is 1.04. The van der Waals surface area contributed by atoms with Crippen LogP contribution in [0.1, 0.15) is 31.8 Å². The lowest BCUT2D eigenvalue weighted by atomic mass is 10.0. The molecule has 0 aliphatic carbocycles. The SMILES string of the molecule is Cc1cccc(CC(C(=O)Nc2ccc(I)cc2)N2C(=O)c3ccccc3C2=O)c1. The van der Waals surface area contributed by atoms with Gasteiger partial charge in [0.15, 0.2) is 0 Å². The van der Waals surface area contributed by atoms with E-state index in [0.717, 1.165) is 19.6 Å². The molecule has 0 radical (unpaired) electrons. The molecule has 1 heterocycles. The average molecular weight is 510 g/mol. The third-order valence-corrected chi connectivity index (χ3v) is 5.78. The molecular formula is C24H19IN2O3. The largest absolute Gasteiger partial charge is 0.324 e. The predicted molar refractivity (Wildman–Crippen MR) is 123 cm³/mol. The van der Waals surface area contributed by atoms with Crippen LogP contribution in [0.5, 0.6) is 0 Å². The van der Waals surface area contributed by atoms with Crippen molar-refractivity contribution in [1.82, 2.24) is 4.90 Å². The lowest BCUT2D eigenvalue weighted by molar-refractivity contribution is -0.119. The zero-order valence-electron chi connectivity index (χ0n) is 16.3. The zero-order valence-corrected chi connectivity index (χ0v) is 18.4. The van der Waals surface area contributed by atoms with E-state index < -0.39 is 23.8 Å². The van der Waals surface area contributed by atoms with Gasteiger partial charge in [-0.05, 0) is 71.5 Å². The van der Waals surface area contributed by atoms with E-state index in [1.54, 1.807) is 36.4 Å². The van der Waals surface area contributed by atoms with Crippen molar-refractivity contribution >= 4 is 46.0 Å². The van der Waals surface area contributed by atoms with Crippen molar-refractivity contribution in [1.29, 1.82) is 0 Å². The third kappa shape index (κ3) is 4.00. The molecule has 0 saturated carbocycles. The van der Waals surface area contributed by atoms with Gasteiger partial charge in [-0.15, -0.1) is 0 Å². The third-order valence-electron chi connectivity index (χ3n) is 5.06. The number of hydrogen-bond donors (Lipinski definition) is 1. The van der Waals surface area contributed by atoms with E-state index in [-0.39, 0.29) is 6.42 Å². The van der Waals surface area contributed by atoms with E-state index >= 15 is 0 Å². The fourth-order valence-corrected chi connectivity index (χ4v) is 3.97. The minimum absolute atomic E-state index is 0.239. The monoisotopic (exact) mass is 510 g/mol. The van der Waals surface area contributed by atoms with Gasteiger partial charge in [0.1, 0.15) is 6.04 Å². The van der Waals surface area contributed by atoms with Crippen LogP contribution in [0.25, 0.3) is 0 Å². The predicted octanol–water partition coefficient (Wildman–Crippen LogP) is 4.45. The summed E-state index contributed by atoms with van der Waals surface area (Å²) in [4.78, 5) is 40.4. The summed E-state index contributed by atoms with van der Waals surface area (Å²) in [5.41, 5.74) is 3.21. The highest BCUT2D eigenvalue weighted by Crippen LogP contribution is 2.27. The van der Waals surface area contributed by atoms with Crippen LogP contribution in [-0.4, -0.2) is 28.7 Å². The Balaban J connectivity index is 1.68. The normalized spacial score (nSPS) is 13.9. The van der Waals surface area contributed by atoms with Gasteiger partial charge in [0, 0.05) is 15.7 Å². The molecule has 0 saturated heterocycles. The number of aryl methyl sites for hydroxylation is 1. The standard InChI is InChI=1S/C24H19IN2O3/c1-15-5-4-6-16(13-15)14-21(22(28)26-18-11-9-17(25)10-12-18)27-23(29)19-7-2-3-8-20(19)24(27)30/h2-13,21H,14H2,1H3,(H,26,28). The molecule has 1 atom stereocenters. The number of amides is 3. The smallest absolute Gasteiger partial charge is 0.262 e. The summed E-state index contributed by atoms with van der Waals surface area (Å²) >= 11 is 2.19. The van der Waals surface area contributed by atoms with Crippen LogP contribution in [0.4, 0.5) is 5.69 Å². The molecular weight excluding hydrogens is 491 g/mol. The van der Waals surface area contributed by atoms with E-state index in [2.05, 4.69) is 27.9 Å². The van der Waals surface area contributed by atoms with Crippen LogP contribution in [0.15, 0.2) is 72.8 Å². The topological polar surface area (TPSA) is 66.5 Å². The number of rotatable bonds is 5. The van der Waals surface area contributed by atoms with E-state index in [1.807, 2.05) is 43.3 Å². The Morgan fingerprint density at radius 3 is 2.17 bits per heavy atom. The molecule has 1 unspecified atom stereocenters. The highest BCUT2D eigenvalue weighted by Gasteiger charge is 2.42. The van der Waals surface area contributed by atoms with Gasteiger partial charge in [-0.2, -0.15) is 0 Å². The summed E-state index contributed by atoms with van der Waals surface area (Å²) in [6.45, 7) is 1.96. The quantitative estimate of drug-likeness (QED) is 0.408. The molecule has 1 aliphatic rings. The number of benzene rings is 3. The van der Waals surface area contributed by atoms with Crippen LogP contribution in [0.2, 0.25) is 0 Å². The van der Waals surface area contributed by atoms with Gasteiger partial charge in [0.2, 0.25) is 5.91 Å². The minimum atomic E-state index is -0.960. The highest BCUT2D eigenvalue weighted by atomic mass is 127. The Morgan fingerprint density at radius 2 is 1.57 bits per heavy atom. The molecule has 4 rings (SSSR count). The average Bonchev–Trinajstić information content (AvgIpc) is 2.99. The highest BCUT2D eigenvalue weighted by molar-refractivity contribution is 14.1. The maximum absolute atomic E-state index is 13.3. The molecule has 1 N–H and O–H groups in total. The number of nitrogens with zero attached hydrogens (tertiary/aromatic N) is 1. The number of anilines is 1. The number of imide groups is 1. The van der Waals surface area contributed by atoms with Crippen molar-refractivity contribution in [3.63, 3.8) is 0 Å². The Morgan fingerprint density at radius 1 is 0.933 bits per heavy atom. The Labute approximate surface area is 188 Å². The molecule has 3 amide bonds. The second kappa shape index (κ2) is 8.39. The van der Waals surface area contributed by atoms with Gasteiger partial charge in [0.25, 0.3) is 11.8 Å². The van der Waals surface area contributed by atoms with Crippen molar-refractivity contribution in [2.24, 2.45) is 0 Å². The van der Waals surface area contributed by atoms with Gasteiger partial charge >= 0.3 is 0 Å². The molecule has 150 valence electrons. The first kappa shape index (κ1) is 20.3. The summed E-state index contributed by atoms with van der Waals surface area (Å²) in [6, 6.07) is 20.8. The van der Waals surface area contributed by atoms with Gasteiger partial charge < -0.3 is 5.32 Å². The van der Waals surface area contributed by atoms with E-state index in [4.69, 9.17) is 0 Å². The van der Waals surface area contributed by atoms with Crippen molar-refractivity contribution in [2.45, 2.75) is 19.4 Å². The van der Waals surface area contributed by atoms with Crippen LogP contribution in [0.3, 0.4) is 0 Å². The van der Waals surface area contributed by atoms with Crippen LogP contribution < -0.4 is 5.32 Å². The molecule has 1 aliphatic heterocycles. The first-order valence-corrected chi connectivity index (χ1v) is 10.6. The van der Waals surface area contributed by atoms with Gasteiger partial charge in [-0.3, -0.25) is 19.3 Å². The van der Waals surface area contributed by atoms with E-state index in [9.17, 15) is 14.4 Å². The Kier molecular flexibility index (Phi) is 5.67. The fourth-order valence-electron chi connectivity index (χ4n) is 3.61. The van der Waals surface area contributed by atoms with E-state index in [0.29, 0.717) is 16.8 Å². The maximum atomic E-state index is 13.3. The van der Waals surface area contributed by atoms with Crippen LogP contribution in [0, 0.1) is 10.5 Å². The Hall–Kier alpha value is -3.00. The molecule has 5 nitrogen and oxygen atoms in total. The number of fused-ring (bicyclic) bond motifs is 1. The van der Waals surface area contributed by atoms with Crippen molar-refractivity contribution in [2.75, 3.05) is 5.32 Å². The summed E-state index contributed by atoms with van der Waals surface area (Å²) in [7, 11) is 0. The van der Waals surface area contributed by atoms with Crippen LogP contribution in [-0.2, 0) is 11.2 Å². The first-order valence-electron chi connectivity index (χ1n) is 9.53. The lowest BCUT2D eigenvalue weighted by Gasteiger charge is -2.25. The Bertz CT molecular complexity index is 1110. The van der Waals surface area contributed by atoms with Gasteiger partial charge in [-0.1, -0.05) is 42.0 Å².